The number of anilines is 1. The number of hydrogen-bond acceptors (Lipinski definition) is 3. The van der Waals surface area contributed by atoms with Crippen molar-refractivity contribution in [3.63, 3.8) is 0 Å². The maximum absolute atomic E-state index is 5.10. The first kappa shape index (κ1) is 10.9. The zero-order valence-electron chi connectivity index (χ0n) is 9.08. The molecule has 3 heteroatoms. The fourth-order valence-electron chi connectivity index (χ4n) is 1.25. The van der Waals surface area contributed by atoms with Crippen LogP contribution in [0.3, 0.4) is 0 Å². The van der Waals surface area contributed by atoms with Crippen LogP contribution >= 0.6 is 0 Å². The lowest BCUT2D eigenvalue weighted by Crippen LogP contribution is -2.26. The van der Waals surface area contributed by atoms with E-state index in [-0.39, 0.29) is 0 Å². The highest BCUT2D eigenvalue weighted by Gasteiger charge is 1.99. The van der Waals surface area contributed by atoms with E-state index in [0.717, 1.165) is 18.8 Å². The molecule has 0 atom stereocenters. The zero-order valence-corrected chi connectivity index (χ0v) is 9.08. The first-order valence-corrected chi connectivity index (χ1v) is 4.77. The Balaban J connectivity index is 2.57. The van der Waals surface area contributed by atoms with Gasteiger partial charge in [0.1, 0.15) is 5.75 Å². The number of rotatable bonds is 5. The van der Waals surface area contributed by atoms with Crippen LogP contribution in [0.15, 0.2) is 24.3 Å². The predicted octanol–water partition coefficient (Wildman–Crippen LogP) is 1.35. The number of hydrogen-bond donors (Lipinski definition) is 1. The van der Waals surface area contributed by atoms with Gasteiger partial charge in [-0.25, -0.2) is 0 Å². The first-order valence-electron chi connectivity index (χ1n) is 4.77. The van der Waals surface area contributed by atoms with Gasteiger partial charge in [-0.05, 0) is 31.3 Å². The van der Waals surface area contributed by atoms with Crippen molar-refractivity contribution in [2.75, 3.05) is 39.2 Å². The van der Waals surface area contributed by atoms with Crippen molar-refractivity contribution in [2.24, 2.45) is 0 Å². The molecule has 0 radical (unpaired) electrons. The van der Waals surface area contributed by atoms with Gasteiger partial charge >= 0.3 is 0 Å². The molecule has 0 spiro atoms. The van der Waals surface area contributed by atoms with Crippen molar-refractivity contribution in [3.05, 3.63) is 24.3 Å². The molecule has 0 aliphatic carbocycles. The SMILES string of the molecule is CNCCN(C)c1ccc(OC)cc1. The Labute approximate surface area is 85.7 Å². The summed E-state index contributed by atoms with van der Waals surface area (Å²) >= 11 is 0. The van der Waals surface area contributed by atoms with Gasteiger partial charge in [-0.15, -0.1) is 0 Å². The lowest BCUT2D eigenvalue weighted by molar-refractivity contribution is 0.415. The fraction of sp³-hybridized carbons (Fsp3) is 0.455. The molecular weight excluding hydrogens is 176 g/mol. The van der Waals surface area contributed by atoms with Crippen molar-refractivity contribution in [2.45, 2.75) is 0 Å². The molecule has 1 rings (SSSR count). The van der Waals surface area contributed by atoms with E-state index in [4.69, 9.17) is 4.74 Å². The minimum atomic E-state index is 0.899. The third kappa shape index (κ3) is 2.92. The molecule has 14 heavy (non-hydrogen) atoms. The van der Waals surface area contributed by atoms with Crippen molar-refractivity contribution in [1.82, 2.24) is 5.32 Å². The van der Waals surface area contributed by atoms with Crippen molar-refractivity contribution in [1.29, 1.82) is 0 Å². The second-order valence-corrected chi connectivity index (χ2v) is 3.22. The Morgan fingerprint density at radius 1 is 1.29 bits per heavy atom. The second kappa shape index (κ2) is 5.50. The van der Waals surface area contributed by atoms with Crippen LogP contribution in [0.1, 0.15) is 0 Å². The Morgan fingerprint density at radius 3 is 2.43 bits per heavy atom. The smallest absolute Gasteiger partial charge is 0.119 e. The average Bonchev–Trinajstić information content (AvgIpc) is 2.26. The van der Waals surface area contributed by atoms with E-state index in [1.165, 1.54) is 5.69 Å². The number of methoxy groups -OCH3 is 1. The Kier molecular flexibility index (Phi) is 4.26. The summed E-state index contributed by atoms with van der Waals surface area (Å²) in [5.41, 5.74) is 1.21. The lowest BCUT2D eigenvalue weighted by atomic mass is 10.3. The normalized spacial score (nSPS) is 9.93. The number of nitrogens with one attached hydrogen (secondary N) is 1. The predicted molar refractivity (Wildman–Crippen MR) is 60.2 cm³/mol. The summed E-state index contributed by atoms with van der Waals surface area (Å²) in [4.78, 5) is 2.20. The fourth-order valence-corrected chi connectivity index (χ4v) is 1.25. The van der Waals surface area contributed by atoms with Crippen LogP contribution in [-0.4, -0.2) is 34.3 Å². The van der Waals surface area contributed by atoms with Gasteiger partial charge in [-0.1, -0.05) is 0 Å². The molecule has 78 valence electrons. The number of benzene rings is 1. The minimum Gasteiger partial charge on any atom is -0.497 e. The summed E-state index contributed by atoms with van der Waals surface area (Å²) in [5.74, 6) is 0.899. The van der Waals surface area contributed by atoms with Gasteiger partial charge in [-0.3, -0.25) is 0 Å². The third-order valence-electron chi connectivity index (χ3n) is 2.21. The molecule has 0 saturated heterocycles. The maximum atomic E-state index is 5.10. The highest BCUT2D eigenvalue weighted by molar-refractivity contribution is 5.48. The standard InChI is InChI=1S/C11H18N2O/c1-12-8-9-13(2)10-4-6-11(14-3)7-5-10/h4-7,12H,8-9H2,1-3H3. The van der Waals surface area contributed by atoms with Gasteiger partial charge < -0.3 is 15.0 Å². The largest absolute Gasteiger partial charge is 0.497 e. The van der Waals surface area contributed by atoms with Crippen molar-refractivity contribution < 1.29 is 4.74 Å². The molecule has 0 aliphatic heterocycles. The van der Waals surface area contributed by atoms with Crippen LogP contribution < -0.4 is 15.0 Å². The van der Waals surface area contributed by atoms with Gasteiger partial charge in [0.15, 0.2) is 0 Å². The van der Waals surface area contributed by atoms with Crippen LogP contribution in [0.5, 0.6) is 5.75 Å². The monoisotopic (exact) mass is 194 g/mol. The molecule has 0 saturated carbocycles. The van der Waals surface area contributed by atoms with Crippen molar-refractivity contribution in [3.8, 4) is 5.75 Å². The van der Waals surface area contributed by atoms with Crippen LogP contribution in [0, 0.1) is 0 Å². The molecule has 0 aliphatic rings. The molecule has 0 bridgehead atoms. The quantitative estimate of drug-likeness (QED) is 0.765. The number of nitrogens with zero attached hydrogens (tertiary/aromatic N) is 1. The van der Waals surface area contributed by atoms with Gasteiger partial charge in [0.2, 0.25) is 0 Å². The number of likely N-dealkylation sites (N-methyl/N-ethyl adjacent to an activating group) is 2. The average molecular weight is 194 g/mol. The molecule has 0 heterocycles. The van der Waals surface area contributed by atoms with E-state index in [1.54, 1.807) is 7.11 Å². The van der Waals surface area contributed by atoms with Gasteiger partial charge in [-0.2, -0.15) is 0 Å². The summed E-state index contributed by atoms with van der Waals surface area (Å²) in [7, 11) is 5.72. The van der Waals surface area contributed by atoms with E-state index >= 15 is 0 Å². The molecule has 0 fully saturated rings. The van der Waals surface area contributed by atoms with Crippen LogP contribution in [-0.2, 0) is 0 Å². The molecule has 3 nitrogen and oxygen atoms in total. The molecule has 1 N–H and O–H groups in total. The van der Waals surface area contributed by atoms with E-state index in [2.05, 4.69) is 29.4 Å². The highest BCUT2D eigenvalue weighted by atomic mass is 16.5. The summed E-state index contributed by atoms with van der Waals surface area (Å²) < 4.78 is 5.10. The summed E-state index contributed by atoms with van der Waals surface area (Å²) in [6, 6.07) is 8.08. The third-order valence-corrected chi connectivity index (χ3v) is 2.21. The molecule has 1 aromatic rings. The maximum Gasteiger partial charge on any atom is 0.119 e. The first-order chi connectivity index (χ1) is 6.77. The van der Waals surface area contributed by atoms with Crippen LogP contribution in [0.25, 0.3) is 0 Å². The highest BCUT2D eigenvalue weighted by Crippen LogP contribution is 2.17. The van der Waals surface area contributed by atoms with Gasteiger partial charge in [0.25, 0.3) is 0 Å². The van der Waals surface area contributed by atoms with E-state index < -0.39 is 0 Å². The Morgan fingerprint density at radius 2 is 1.93 bits per heavy atom. The van der Waals surface area contributed by atoms with Crippen LogP contribution in [0.4, 0.5) is 5.69 Å². The topological polar surface area (TPSA) is 24.5 Å². The van der Waals surface area contributed by atoms with E-state index in [1.807, 2.05) is 19.2 Å². The van der Waals surface area contributed by atoms with E-state index in [9.17, 15) is 0 Å². The summed E-state index contributed by atoms with van der Waals surface area (Å²) in [6.07, 6.45) is 0. The van der Waals surface area contributed by atoms with Crippen LogP contribution in [0.2, 0.25) is 0 Å². The molecule has 0 aromatic heterocycles. The molecule has 0 amide bonds. The van der Waals surface area contributed by atoms with Gasteiger partial charge in [0.05, 0.1) is 7.11 Å². The van der Waals surface area contributed by atoms with Gasteiger partial charge in [0, 0.05) is 25.8 Å². The summed E-state index contributed by atoms with van der Waals surface area (Å²) in [5, 5.41) is 3.12. The Bertz CT molecular complexity index is 258. The minimum absolute atomic E-state index is 0.899. The second-order valence-electron chi connectivity index (χ2n) is 3.22. The van der Waals surface area contributed by atoms with E-state index in [0.29, 0.717) is 0 Å². The van der Waals surface area contributed by atoms with Crippen molar-refractivity contribution >= 4 is 5.69 Å². The number of ether oxygens (including phenoxy) is 1. The lowest BCUT2D eigenvalue weighted by Gasteiger charge is -2.19. The molecule has 1 aromatic carbocycles. The zero-order chi connectivity index (χ0) is 10.4. The molecular formula is C11H18N2O. The molecule has 0 unspecified atom stereocenters. The summed E-state index contributed by atoms with van der Waals surface area (Å²) in [6.45, 7) is 1.99. The Hall–Kier alpha value is -1.22.